The lowest BCUT2D eigenvalue weighted by Crippen LogP contribution is -2.05. The maximum Gasteiger partial charge on any atom is 0.116 e. The van der Waals surface area contributed by atoms with Gasteiger partial charge in [-0.2, -0.15) is 0 Å². The van der Waals surface area contributed by atoms with Crippen LogP contribution in [0, 0.1) is 0 Å². The Kier molecular flexibility index (Phi) is 6.75. The molecule has 0 aromatic heterocycles. The van der Waals surface area contributed by atoms with E-state index in [4.69, 9.17) is 0 Å². The van der Waals surface area contributed by atoms with Crippen LogP contribution in [0.2, 0.25) is 0 Å². The number of aryl methyl sites for hydroxylation is 2. The quantitative estimate of drug-likeness (QED) is 0.566. The van der Waals surface area contributed by atoms with Gasteiger partial charge >= 0.3 is 0 Å². The Bertz CT molecular complexity index is 692. The number of hydrogen-bond donors (Lipinski definition) is 2. The molecule has 0 atom stereocenters. The molecule has 0 aliphatic heterocycles. The van der Waals surface area contributed by atoms with Crippen LogP contribution in [0.25, 0.3) is 11.1 Å². The van der Waals surface area contributed by atoms with Crippen LogP contribution in [0.15, 0.2) is 24.3 Å². The van der Waals surface area contributed by atoms with Gasteiger partial charge in [0.25, 0.3) is 0 Å². The van der Waals surface area contributed by atoms with Gasteiger partial charge in [-0.05, 0) is 82.3 Å². The van der Waals surface area contributed by atoms with Gasteiger partial charge in [0.15, 0.2) is 0 Å². The molecule has 0 unspecified atom stereocenters. The van der Waals surface area contributed by atoms with Crippen molar-refractivity contribution in [2.75, 3.05) is 0 Å². The van der Waals surface area contributed by atoms with Gasteiger partial charge in [0.05, 0.1) is 0 Å². The van der Waals surface area contributed by atoms with E-state index in [0.717, 1.165) is 25.7 Å². The fourth-order valence-electron chi connectivity index (χ4n) is 3.87. The number of hydrogen-bond acceptors (Lipinski definition) is 2. The number of aromatic hydroxyl groups is 2. The fraction of sp³-hybridized carbons (Fsp3) is 0.500. The van der Waals surface area contributed by atoms with Crippen LogP contribution in [0.1, 0.15) is 88.5 Å². The van der Waals surface area contributed by atoms with Crippen LogP contribution in [-0.2, 0) is 12.8 Å². The standard InChI is InChI=1S/C24H34O2/c1-7-9-17-11-19(25)13-21(15(3)4)23(17)24-18(10-8-2)12-20(26)14-22(24)16(5)6/h11-16,25-26H,7-10H2,1-6H3. The van der Waals surface area contributed by atoms with Gasteiger partial charge in [-0.3, -0.25) is 0 Å². The lowest BCUT2D eigenvalue weighted by Gasteiger charge is -2.25. The highest BCUT2D eigenvalue weighted by molar-refractivity contribution is 5.79. The molecule has 2 aromatic carbocycles. The molecule has 2 N–H and O–H groups in total. The molecule has 2 aromatic rings. The summed E-state index contributed by atoms with van der Waals surface area (Å²) in [6.07, 6.45) is 3.94. The molecule has 0 radical (unpaired) electrons. The molecular weight excluding hydrogens is 320 g/mol. The van der Waals surface area contributed by atoms with E-state index in [1.807, 2.05) is 24.3 Å². The van der Waals surface area contributed by atoms with Crippen LogP contribution < -0.4 is 0 Å². The SMILES string of the molecule is CCCc1cc(O)cc(C(C)C)c1-c1c(CCC)cc(O)cc1C(C)C. The first-order valence-electron chi connectivity index (χ1n) is 10.0. The zero-order valence-electron chi connectivity index (χ0n) is 17.2. The second kappa shape index (κ2) is 8.62. The predicted octanol–water partition coefficient (Wildman–Crippen LogP) is 6.92. The van der Waals surface area contributed by atoms with Crippen molar-refractivity contribution in [1.82, 2.24) is 0 Å². The van der Waals surface area contributed by atoms with Crippen LogP contribution in [0.3, 0.4) is 0 Å². The van der Waals surface area contributed by atoms with E-state index >= 15 is 0 Å². The van der Waals surface area contributed by atoms with E-state index < -0.39 is 0 Å². The van der Waals surface area contributed by atoms with Crippen molar-refractivity contribution >= 4 is 0 Å². The van der Waals surface area contributed by atoms with Crippen molar-refractivity contribution in [1.29, 1.82) is 0 Å². The molecule has 2 rings (SSSR count). The van der Waals surface area contributed by atoms with Crippen molar-refractivity contribution in [2.45, 2.75) is 79.1 Å². The summed E-state index contributed by atoms with van der Waals surface area (Å²) in [4.78, 5) is 0. The molecule has 0 spiro atoms. The summed E-state index contributed by atoms with van der Waals surface area (Å²) in [5.74, 6) is 1.33. The van der Waals surface area contributed by atoms with Crippen LogP contribution >= 0.6 is 0 Å². The smallest absolute Gasteiger partial charge is 0.116 e. The first kappa shape index (κ1) is 20.4. The molecule has 142 valence electrons. The van der Waals surface area contributed by atoms with E-state index in [9.17, 15) is 10.2 Å². The Labute approximate surface area is 158 Å². The topological polar surface area (TPSA) is 40.5 Å². The Hall–Kier alpha value is -1.96. The zero-order valence-corrected chi connectivity index (χ0v) is 17.2. The third-order valence-corrected chi connectivity index (χ3v) is 5.00. The molecule has 2 nitrogen and oxygen atoms in total. The van der Waals surface area contributed by atoms with Gasteiger partial charge < -0.3 is 10.2 Å². The summed E-state index contributed by atoms with van der Waals surface area (Å²) in [5.41, 5.74) is 7.35. The minimum Gasteiger partial charge on any atom is -0.508 e. The van der Waals surface area contributed by atoms with E-state index in [2.05, 4.69) is 41.5 Å². The number of phenolic OH excluding ortho intramolecular Hbond substituents is 2. The highest BCUT2D eigenvalue weighted by atomic mass is 16.3. The highest BCUT2D eigenvalue weighted by Crippen LogP contribution is 2.43. The summed E-state index contributed by atoms with van der Waals surface area (Å²) in [5, 5.41) is 20.6. The van der Waals surface area contributed by atoms with Crippen molar-refractivity contribution in [3.63, 3.8) is 0 Å². The molecule has 2 heteroatoms. The Morgan fingerprint density at radius 2 is 1.00 bits per heavy atom. The first-order valence-corrected chi connectivity index (χ1v) is 10.0. The van der Waals surface area contributed by atoms with Gasteiger partial charge in [-0.1, -0.05) is 54.4 Å². The van der Waals surface area contributed by atoms with Crippen molar-refractivity contribution < 1.29 is 10.2 Å². The predicted molar refractivity (Wildman–Crippen MR) is 111 cm³/mol. The molecule has 0 amide bonds. The highest BCUT2D eigenvalue weighted by Gasteiger charge is 2.22. The molecule has 0 bridgehead atoms. The summed E-state index contributed by atoms with van der Waals surface area (Å²) >= 11 is 0. The van der Waals surface area contributed by atoms with Crippen LogP contribution in [-0.4, -0.2) is 10.2 Å². The number of rotatable bonds is 7. The molecule has 0 fully saturated rings. The molecule has 0 heterocycles. The molecular formula is C24H34O2. The third-order valence-electron chi connectivity index (χ3n) is 5.00. The Balaban J connectivity index is 2.93. The van der Waals surface area contributed by atoms with Gasteiger partial charge in [0.2, 0.25) is 0 Å². The number of benzene rings is 2. The first-order chi connectivity index (χ1) is 12.3. The summed E-state index contributed by atoms with van der Waals surface area (Å²) < 4.78 is 0. The van der Waals surface area contributed by atoms with Gasteiger partial charge in [-0.15, -0.1) is 0 Å². The van der Waals surface area contributed by atoms with Crippen LogP contribution in [0.5, 0.6) is 11.5 Å². The molecule has 26 heavy (non-hydrogen) atoms. The third kappa shape index (κ3) is 4.23. The Morgan fingerprint density at radius 1 is 0.654 bits per heavy atom. The summed E-state index contributed by atoms with van der Waals surface area (Å²) in [6.45, 7) is 13.1. The average molecular weight is 355 g/mol. The van der Waals surface area contributed by atoms with E-state index in [1.54, 1.807) is 0 Å². The normalized spacial score (nSPS) is 11.5. The fourth-order valence-corrected chi connectivity index (χ4v) is 3.87. The lowest BCUT2D eigenvalue weighted by atomic mass is 9.80. The lowest BCUT2D eigenvalue weighted by molar-refractivity contribution is 0.472. The van der Waals surface area contributed by atoms with E-state index in [-0.39, 0.29) is 0 Å². The van der Waals surface area contributed by atoms with Crippen molar-refractivity contribution in [2.24, 2.45) is 0 Å². The maximum absolute atomic E-state index is 10.3. The zero-order chi connectivity index (χ0) is 19.4. The van der Waals surface area contributed by atoms with Crippen molar-refractivity contribution in [3.05, 3.63) is 46.5 Å². The molecule has 0 saturated carbocycles. The molecule has 0 aliphatic carbocycles. The largest absolute Gasteiger partial charge is 0.508 e. The Morgan fingerprint density at radius 3 is 1.27 bits per heavy atom. The van der Waals surface area contributed by atoms with Gasteiger partial charge in [-0.25, -0.2) is 0 Å². The minimum atomic E-state index is 0.316. The molecule has 0 saturated heterocycles. The maximum atomic E-state index is 10.3. The molecule has 0 aliphatic rings. The monoisotopic (exact) mass is 354 g/mol. The van der Waals surface area contributed by atoms with E-state index in [1.165, 1.54) is 33.4 Å². The van der Waals surface area contributed by atoms with Gasteiger partial charge in [0, 0.05) is 0 Å². The number of phenols is 2. The average Bonchev–Trinajstić information content (AvgIpc) is 2.55. The second-order valence-corrected chi connectivity index (χ2v) is 7.95. The summed E-state index contributed by atoms with van der Waals surface area (Å²) in [7, 11) is 0. The minimum absolute atomic E-state index is 0.316. The van der Waals surface area contributed by atoms with E-state index in [0.29, 0.717) is 23.3 Å². The van der Waals surface area contributed by atoms with Gasteiger partial charge in [0.1, 0.15) is 11.5 Å². The second-order valence-electron chi connectivity index (χ2n) is 7.95. The van der Waals surface area contributed by atoms with Crippen molar-refractivity contribution in [3.8, 4) is 22.6 Å². The summed E-state index contributed by atoms with van der Waals surface area (Å²) in [6, 6.07) is 7.70. The van der Waals surface area contributed by atoms with Crippen LogP contribution in [0.4, 0.5) is 0 Å².